The van der Waals surface area contributed by atoms with Gasteiger partial charge in [-0.1, -0.05) is 24.3 Å². The first kappa shape index (κ1) is 18.2. The lowest BCUT2D eigenvalue weighted by molar-refractivity contribution is -0.117. The van der Waals surface area contributed by atoms with Crippen LogP contribution < -0.4 is 16.4 Å². The molecule has 0 aliphatic carbocycles. The minimum absolute atomic E-state index is 0.202. The number of H-pyrrole nitrogens is 1. The number of rotatable bonds is 6. The van der Waals surface area contributed by atoms with Crippen molar-refractivity contribution in [2.24, 2.45) is 5.73 Å². The smallest absolute Gasteiger partial charge is 0.267 e. The van der Waals surface area contributed by atoms with Crippen molar-refractivity contribution in [3.63, 3.8) is 0 Å². The van der Waals surface area contributed by atoms with Crippen LogP contribution in [0.2, 0.25) is 0 Å². The van der Waals surface area contributed by atoms with E-state index in [1.165, 1.54) is 0 Å². The van der Waals surface area contributed by atoms with Gasteiger partial charge in [-0.2, -0.15) is 0 Å². The molecule has 27 heavy (non-hydrogen) atoms. The first-order valence-electron chi connectivity index (χ1n) is 8.45. The Kier molecular flexibility index (Phi) is 5.21. The second-order valence-corrected chi connectivity index (χ2v) is 6.30. The molecule has 1 aromatic heterocycles. The number of nitrogens with two attached hydrogens (primary N) is 1. The first-order chi connectivity index (χ1) is 12.9. The van der Waals surface area contributed by atoms with Gasteiger partial charge >= 0.3 is 0 Å². The van der Waals surface area contributed by atoms with E-state index in [0.29, 0.717) is 17.8 Å². The number of benzene rings is 2. The molecule has 2 aromatic carbocycles. The number of hydrogen-bond donors (Lipinski definition) is 4. The summed E-state index contributed by atoms with van der Waals surface area (Å²) in [5.41, 5.74) is 8.80. The van der Waals surface area contributed by atoms with Crippen LogP contribution >= 0.6 is 0 Å². The monoisotopic (exact) mass is 364 g/mol. The molecule has 0 fully saturated rings. The summed E-state index contributed by atoms with van der Waals surface area (Å²) in [6, 6.07) is 14.5. The molecule has 3 aromatic rings. The van der Waals surface area contributed by atoms with Gasteiger partial charge in [-0.25, -0.2) is 0 Å². The fourth-order valence-corrected chi connectivity index (χ4v) is 2.68. The summed E-state index contributed by atoms with van der Waals surface area (Å²) in [7, 11) is 0. The highest BCUT2D eigenvalue weighted by Gasteiger charge is 2.10. The minimum atomic E-state index is -0.602. The van der Waals surface area contributed by atoms with Gasteiger partial charge in [0, 0.05) is 23.0 Å². The number of primary amides is 1. The van der Waals surface area contributed by atoms with E-state index in [2.05, 4.69) is 15.6 Å². The van der Waals surface area contributed by atoms with Crippen LogP contribution in [-0.4, -0.2) is 29.3 Å². The van der Waals surface area contributed by atoms with E-state index in [4.69, 9.17) is 5.73 Å². The molecular formula is C20H20N4O3. The van der Waals surface area contributed by atoms with Gasteiger partial charge in [-0.3, -0.25) is 14.4 Å². The van der Waals surface area contributed by atoms with Crippen LogP contribution in [0.3, 0.4) is 0 Å². The quantitative estimate of drug-likeness (QED) is 0.532. The van der Waals surface area contributed by atoms with Gasteiger partial charge in [0.25, 0.3) is 11.8 Å². The number of fused-ring (bicyclic) bond motifs is 1. The average Bonchev–Trinajstić information content (AvgIpc) is 3.07. The SMILES string of the molecule is Cc1ccc2cc(C(=O)NCc3ccc(C(=O)NCC(N)=O)cc3)[nH]c2c1. The molecule has 0 aliphatic rings. The fourth-order valence-electron chi connectivity index (χ4n) is 2.68. The molecular weight excluding hydrogens is 344 g/mol. The lowest BCUT2D eigenvalue weighted by atomic mass is 10.1. The molecule has 5 N–H and O–H groups in total. The predicted molar refractivity (Wildman–Crippen MR) is 102 cm³/mol. The molecule has 0 atom stereocenters. The fraction of sp³-hybridized carbons (Fsp3) is 0.150. The number of nitrogens with one attached hydrogen (secondary N) is 3. The third-order valence-corrected chi connectivity index (χ3v) is 4.11. The van der Waals surface area contributed by atoms with Crippen molar-refractivity contribution >= 4 is 28.6 Å². The van der Waals surface area contributed by atoms with Crippen LogP contribution in [0.4, 0.5) is 0 Å². The molecule has 3 rings (SSSR count). The summed E-state index contributed by atoms with van der Waals surface area (Å²) >= 11 is 0. The molecule has 0 saturated heterocycles. The van der Waals surface area contributed by atoms with Crippen molar-refractivity contribution in [3.05, 3.63) is 70.9 Å². The third kappa shape index (κ3) is 4.52. The molecule has 138 valence electrons. The van der Waals surface area contributed by atoms with E-state index < -0.39 is 5.91 Å². The van der Waals surface area contributed by atoms with E-state index in [1.807, 2.05) is 31.2 Å². The standard InChI is InChI=1S/C20H20N4O3/c1-12-2-5-15-9-17(24-16(15)8-12)20(27)22-10-13-3-6-14(7-4-13)19(26)23-11-18(21)25/h2-9,24H,10-11H2,1H3,(H2,21,25)(H,22,27)(H,23,26). The third-order valence-electron chi connectivity index (χ3n) is 4.11. The van der Waals surface area contributed by atoms with Crippen LogP contribution in [0.15, 0.2) is 48.5 Å². The van der Waals surface area contributed by atoms with Gasteiger partial charge in [0.05, 0.1) is 6.54 Å². The van der Waals surface area contributed by atoms with Crippen LogP contribution in [0.5, 0.6) is 0 Å². The van der Waals surface area contributed by atoms with Gasteiger partial charge in [0.1, 0.15) is 5.69 Å². The molecule has 0 spiro atoms. The molecule has 0 aliphatic heterocycles. The zero-order chi connectivity index (χ0) is 19.4. The predicted octanol–water partition coefficient (Wildman–Crippen LogP) is 1.62. The van der Waals surface area contributed by atoms with E-state index in [-0.39, 0.29) is 18.4 Å². The zero-order valence-corrected chi connectivity index (χ0v) is 14.8. The molecule has 0 radical (unpaired) electrons. The molecule has 0 bridgehead atoms. The number of carbonyl (C=O) groups is 3. The van der Waals surface area contributed by atoms with E-state index in [1.54, 1.807) is 24.3 Å². The number of hydrogen-bond acceptors (Lipinski definition) is 3. The Balaban J connectivity index is 1.59. The van der Waals surface area contributed by atoms with Crippen molar-refractivity contribution in [1.29, 1.82) is 0 Å². The highest BCUT2D eigenvalue weighted by molar-refractivity contribution is 5.98. The Morgan fingerprint density at radius 2 is 1.70 bits per heavy atom. The maximum absolute atomic E-state index is 12.3. The molecule has 0 unspecified atom stereocenters. The van der Waals surface area contributed by atoms with E-state index >= 15 is 0 Å². The number of aromatic amines is 1. The molecule has 0 saturated carbocycles. The Labute approximate surface area is 155 Å². The van der Waals surface area contributed by atoms with Crippen molar-refractivity contribution < 1.29 is 14.4 Å². The zero-order valence-electron chi connectivity index (χ0n) is 14.8. The van der Waals surface area contributed by atoms with Gasteiger partial charge in [0.2, 0.25) is 5.91 Å². The molecule has 3 amide bonds. The normalized spacial score (nSPS) is 10.6. The summed E-state index contributed by atoms with van der Waals surface area (Å²) in [6.45, 7) is 2.12. The molecule has 7 heteroatoms. The second kappa shape index (κ2) is 7.74. The van der Waals surface area contributed by atoms with Crippen molar-refractivity contribution in [2.75, 3.05) is 6.54 Å². The highest BCUT2D eigenvalue weighted by atomic mass is 16.2. The average molecular weight is 364 g/mol. The van der Waals surface area contributed by atoms with Crippen LogP contribution in [-0.2, 0) is 11.3 Å². The maximum Gasteiger partial charge on any atom is 0.267 e. The van der Waals surface area contributed by atoms with Crippen LogP contribution in [0.1, 0.15) is 32.0 Å². The minimum Gasteiger partial charge on any atom is -0.368 e. The van der Waals surface area contributed by atoms with Gasteiger partial charge < -0.3 is 21.4 Å². The Bertz CT molecular complexity index is 1010. The lowest BCUT2D eigenvalue weighted by Gasteiger charge is -2.06. The van der Waals surface area contributed by atoms with Crippen LogP contribution in [0, 0.1) is 6.92 Å². The number of carbonyl (C=O) groups excluding carboxylic acids is 3. The largest absolute Gasteiger partial charge is 0.368 e. The highest BCUT2D eigenvalue weighted by Crippen LogP contribution is 2.17. The Morgan fingerprint density at radius 1 is 0.963 bits per heavy atom. The first-order valence-corrected chi connectivity index (χ1v) is 8.45. The summed E-state index contributed by atoms with van der Waals surface area (Å²) in [4.78, 5) is 38.0. The molecule has 1 heterocycles. The summed E-state index contributed by atoms with van der Waals surface area (Å²) < 4.78 is 0. The van der Waals surface area contributed by atoms with Crippen LogP contribution in [0.25, 0.3) is 10.9 Å². The summed E-state index contributed by atoms with van der Waals surface area (Å²) in [5, 5.41) is 6.25. The number of aryl methyl sites for hydroxylation is 1. The maximum atomic E-state index is 12.3. The van der Waals surface area contributed by atoms with Gasteiger partial charge in [0.15, 0.2) is 0 Å². The number of amides is 3. The summed E-state index contributed by atoms with van der Waals surface area (Å²) in [5.74, 6) is -1.18. The molecule has 7 nitrogen and oxygen atoms in total. The van der Waals surface area contributed by atoms with Crippen molar-refractivity contribution in [2.45, 2.75) is 13.5 Å². The number of aromatic nitrogens is 1. The van der Waals surface area contributed by atoms with Crippen molar-refractivity contribution in [3.8, 4) is 0 Å². The van der Waals surface area contributed by atoms with Crippen molar-refractivity contribution in [1.82, 2.24) is 15.6 Å². The summed E-state index contributed by atoms with van der Waals surface area (Å²) in [6.07, 6.45) is 0. The second-order valence-electron chi connectivity index (χ2n) is 6.30. The van der Waals surface area contributed by atoms with E-state index in [9.17, 15) is 14.4 Å². The van der Waals surface area contributed by atoms with Gasteiger partial charge in [-0.05, 0) is 42.3 Å². The Hall–Kier alpha value is -3.61. The van der Waals surface area contributed by atoms with Gasteiger partial charge in [-0.15, -0.1) is 0 Å². The van der Waals surface area contributed by atoms with E-state index in [0.717, 1.165) is 22.0 Å². The topological polar surface area (TPSA) is 117 Å². The Morgan fingerprint density at radius 3 is 2.41 bits per heavy atom. The lowest BCUT2D eigenvalue weighted by Crippen LogP contribution is -2.33.